The zero-order valence-electron chi connectivity index (χ0n) is 5.38. The van der Waals surface area contributed by atoms with Crippen molar-refractivity contribution in [1.29, 1.82) is 0 Å². The van der Waals surface area contributed by atoms with Crippen LogP contribution in [-0.2, 0) is 0 Å². The van der Waals surface area contributed by atoms with Gasteiger partial charge in [-0.15, -0.1) is 13.2 Å². The van der Waals surface area contributed by atoms with E-state index >= 15 is 0 Å². The quantitative estimate of drug-likeness (QED) is 0.471. The fourth-order valence-corrected chi connectivity index (χ4v) is 0.385. The van der Waals surface area contributed by atoms with Crippen molar-refractivity contribution in [3.63, 3.8) is 0 Å². The van der Waals surface area contributed by atoms with Crippen molar-refractivity contribution in [1.82, 2.24) is 0 Å². The summed E-state index contributed by atoms with van der Waals surface area (Å²) in [6.45, 7) is 6.00. The van der Waals surface area contributed by atoms with Gasteiger partial charge >= 0.3 is 0 Å². The summed E-state index contributed by atoms with van der Waals surface area (Å²) in [7, 11) is 0. The Balaban J connectivity index is 0. The number of hydrogen-bond donors (Lipinski definition) is 0. The Labute approximate surface area is 56.0 Å². The van der Waals surface area contributed by atoms with Crippen molar-refractivity contribution in [3.05, 3.63) is 49.6 Å². The van der Waals surface area contributed by atoms with E-state index in [0.717, 1.165) is 0 Å². The lowest BCUT2D eigenvalue weighted by Crippen LogP contribution is -1.47. The van der Waals surface area contributed by atoms with E-state index in [2.05, 4.69) is 13.2 Å². The van der Waals surface area contributed by atoms with Gasteiger partial charge in [-0.05, 0) is 0 Å². The van der Waals surface area contributed by atoms with Crippen LogP contribution in [0.5, 0.6) is 0 Å². The minimum atomic E-state index is 0. The van der Waals surface area contributed by atoms with Gasteiger partial charge in [0.15, 0.2) is 0 Å². The van der Waals surface area contributed by atoms with Gasteiger partial charge in [0.25, 0.3) is 0 Å². The lowest BCUT2D eigenvalue weighted by Gasteiger charge is -1.69. The van der Waals surface area contributed by atoms with Crippen molar-refractivity contribution >= 4 is 0 Å². The van der Waals surface area contributed by atoms with Crippen LogP contribution >= 0.6 is 0 Å². The Hall–Kier alpha value is -1.08. The highest BCUT2D eigenvalue weighted by molar-refractivity contribution is 4.99. The fraction of sp³-hybridized carbons (Fsp3) is 0. The van der Waals surface area contributed by atoms with Crippen LogP contribution in [0.15, 0.2) is 49.6 Å². The molecule has 0 heterocycles. The highest BCUT2D eigenvalue weighted by atomic mass is 16.0. The highest BCUT2D eigenvalue weighted by Gasteiger charge is 1.57. The maximum Gasteiger partial charge on any atom is -0.0623 e. The molecule has 0 radical (unpaired) electrons. The summed E-state index contributed by atoms with van der Waals surface area (Å²) < 4.78 is 0. The van der Waals surface area contributed by atoms with Gasteiger partial charge in [0.2, 0.25) is 0 Å². The van der Waals surface area contributed by atoms with Crippen LogP contribution in [0.25, 0.3) is 0 Å². The molecular weight excluding hydrogens is 112 g/mol. The Bertz CT molecular complexity index is 87.4. The summed E-state index contributed by atoms with van der Waals surface area (Å²) >= 11 is 0. The zero-order chi connectivity index (χ0) is 6.24. The average molecular weight is 124 g/mol. The summed E-state index contributed by atoms with van der Waals surface area (Å²) in [6.07, 6.45) is 0. The van der Waals surface area contributed by atoms with Gasteiger partial charge in [0, 0.05) is 0 Å². The predicted octanol–water partition coefficient (Wildman–Crippen LogP) is 1.66. The van der Waals surface area contributed by atoms with E-state index in [1.54, 1.807) is 0 Å². The molecule has 1 rings (SSSR count). The van der Waals surface area contributed by atoms with Crippen LogP contribution in [0.2, 0.25) is 0 Å². The van der Waals surface area contributed by atoms with Gasteiger partial charge in [-0.25, -0.2) is 0 Å². The minimum Gasteiger partial charge on any atom is -0.412 e. The topological polar surface area (TPSA) is 31.5 Å². The molecule has 0 spiro atoms. The first-order chi connectivity index (χ1) is 4.00. The molecular formula is C8H12O. The molecule has 0 aromatic heterocycles. The standard InChI is InChI=1S/C6H6.C2H4.H2O/c1-2-4-6-5-3-1;1-2;/h1-6H;1-2H2;1H2. The van der Waals surface area contributed by atoms with Crippen molar-refractivity contribution in [2.45, 2.75) is 0 Å². The molecule has 1 heteroatoms. The maximum absolute atomic E-state index is 3.00. The molecule has 0 fully saturated rings. The van der Waals surface area contributed by atoms with E-state index in [-0.39, 0.29) is 5.48 Å². The molecule has 0 aliphatic rings. The van der Waals surface area contributed by atoms with Crippen LogP contribution in [0.4, 0.5) is 0 Å². The van der Waals surface area contributed by atoms with Crippen LogP contribution in [0.1, 0.15) is 0 Å². The van der Waals surface area contributed by atoms with Gasteiger partial charge in [0.1, 0.15) is 0 Å². The third-order valence-electron chi connectivity index (χ3n) is 0.667. The number of rotatable bonds is 0. The zero-order valence-corrected chi connectivity index (χ0v) is 5.38. The Morgan fingerprint density at radius 2 is 0.667 bits per heavy atom. The lowest BCUT2D eigenvalue weighted by molar-refractivity contribution is 0.824. The Morgan fingerprint density at radius 1 is 0.556 bits per heavy atom. The second-order valence-corrected chi connectivity index (χ2v) is 1.15. The van der Waals surface area contributed by atoms with Crippen LogP contribution in [-0.4, -0.2) is 5.48 Å². The molecule has 1 aromatic rings. The van der Waals surface area contributed by atoms with E-state index in [1.807, 2.05) is 36.4 Å². The SMILES string of the molecule is C=C.O.c1ccccc1. The number of hydrogen-bond acceptors (Lipinski definition) is 0. The molecule has 0 unspecified atom stereocenters. The predicted molar refractivity (Wildman–Crippen MR) is 41.3 cm³/mol. The van der Waals surface area contributed by atoms with E-state index < -0.39 is 0 Å². The van der Waals surface area contributed by atoms with E-state index in [0.29, 0.717) is 0 Å². The molecule has 0 aliphatic carbocycles. The molecule has 0 saturated heterocycles. The third kappa shape index (κ3) is 6.92. The molecule has 0 amide bonds. The van der Waals surface area contributed by atoms with Gasteiger partial charge in [-0.1, -0.05) is 36.4 Å². The number of benzene rings is 1. The second kappa shape index (κ2) is 10.0. The van der Waals surface area contributed by atoms with Gasteiger partial charge in [-0.2, -0.15) is 0 Å². The summed E-state index contributed by atoms with van der Waals surface area (Å²) in [6, 6.07) is 12.0. The normalized spacial score (nSPS) is 5.78. The molecule has 50 valence electrons. The largest absolute Gasteiger partial charge is 0.412 e. The minimum absolute atomic E-state index is 0. The van der Waals surface area contributed by atoms with Crippen LogP contribution in [0, 0.1) is 0 Å². The molecule has 1 aromatic carbocycles. The van der Waals surface area contributed by atoms with Crippen molar-refractivity contribution in [2.24, 2.45) is 0 Å². The first kappa shape index (κ1) is 10.8. The second-order valence-electron chi connectivity index (χ2n) is 1.15. The highest BCUT2D eigenvalue weighted by Crippen LogP contribution is 1.79. The van der Waals surface area contributed by atoms with Crippen LogP contribution in [0.3, 0.4) is 0 Å². The molecule has 0 aliphatic heterocycles. The van der Waals surface area contributed by atoms with Crippen molar-refractivity contribution in [2.75, 3.05) is 0 Å². The third-order valence-corrected chi connectivity index (χ3v) is 0.667. The molecule has 0 bridgehead atoms. The molecule has 1 nitrogen and oxygen atoms in total. The maximum atomic E-state index is 3.00. The Morgan fingerprint density at radius 3 is 0.778 bits per heavy atom. The monoisotopic (exact) mass is 124 g/mol. The Kier molecular flexibility index (Phi) is 12.0. The fourth-order valence-electron chi connectivity index (χ4n) is 0.385. The average Bonchev–Trinajstić information content (AvgIpc) is 1.96. The van der Waals surface area contributed by atoms with E-state index in [9.17, 15) is 0 Å². The molecule has 0 saturated carbocycles. The van der Waals surface area contributed by atoms with Crippen molar-refractivity contribution in [3.8, 4) is 0 Å². The smallest absolute Gasteiger partial charge is 0.0623 e. The van der Waals surface area contributed by atoms with Crippen molar-refractivity contribution < 1.29 is 5.48 Å². The van der Waals surface area contributed by atoms with Gasteiger partial charge < -0.3 is 5.48 Å². The van der Waals surface area contributed by atoms with Crippen LogP contribution < -0.4 is 0 Å². The van der Waals surface area contributed by atoms with Gasteiger partial charge in [0.05, 0.1) is 0 Å². The summed E-state index contributed by atoms with van der Waals surface area (Å²) in [5, 5.41) is 0. The van der Waals surface area contributed by atoms with E-state index in [1.165, 1.54) is 0 Å². The van der Waals surface area contributed by atoms with Gasteiger partial charge in [-0.3, -0.25) is 0 Å². The molecule has 2 N–H and O–H groups in total. The first-order valence-corrected chi connectivity index (χ1v) is 2.50. The first-order valence-electron chi connectivity index (χ1n) is 2.50. The lowest BCUT2D eigenvalue weighted by atomic mass is 10.4. The summed E-state index contributed by atoms with van der Waals surface area (Å²) in [4.78, 5) is 0. The molecule has 9 heavy (non-hydrogen) atoms. The summed E-state index contributed by atoms with van der Waals surface area (Å²) in [5.74, 6) is 0. The summed E-state index contributed by atoms with van der Waals surface area (Å²) in [5.41, 5.74) is 0. The molecule has 0 atom stereocenters. The van der Waals surface area contributed by atoms with E-state index in [4.69, 9.17) is 0 Å².